The number of nitrogens with zero attached hydrogens (tertiary/aromatic N) is 1. The minimum absolute atomic E-state index is 0.118. The fraction of sp³-hybridized carbons (Fsp3) is 0.429. The third kappa shape index (κ3) is 5.48. The van der Waals surface area contributed by atoms with Gasteiger partial charge >= 0.3 is 6.03 Å². The molecule has 0 unspecified atom stereocenters. The Morgan fingerprint density at radius 2 is 2.44 bits per heavy atom. The Bertz CT molecular complexity index is 365. The molecule has 18 heavy (non-hydrogen) atoms. The highest BCUT2D eigenvalue weighted by Crippen LogP contribution is 1.98. The molecule has 0 aliphatic carbocycles. The number of amides is 2. The zero-order valence-corrected chi connectivity index (χ0v) is 10.9. The highest BCUT2D eigenvalue weighted by molar-refractivity contribution is 5.74. The molecular formula is C14H21N3O. The van der Waals surface area contributed by atoms with Gasteiger partial charge in [-0.15, -0.1) is 6.58 Å². The van der Waals surface area contributed by atoms with Gasteiger partial charge < -0.3 is 10.6 Å². The minimum Gasteiger partial charge on any atom is -0.338 e. The summed E-state index contributed by atoms with van der Waals surface area (Å²) in [5, 5.41) is 5.76. The standard InChI is InChI=1S/C14H21N3O/c1-3-6-13(4-2)17-14(18)16-10-8-12-7-5-9-15-11-12/h3,5,7,9,11,13H,1,4,6,8,10H2,2H3,(H2,16,17,18)/t13-/m0/s1. The highest BCUT2D eigenvalue weighted by Gasteiger charge is 2.07. The van der Waals surface area contributed by atoms with Crippen molar-refractivity contribution in [2.24, 2.45) is 0 Å². The molecule has 0 spiro atoms. The van der Waals surface area contributed by atoms with Crippen LogP contribution in [0.5, 0.6) is 0 Å². The molecule has 1 aromatic rings. The second kappa shape index (κ2) is 8.28. The number of hydrogen-bond donors (Lipinski definition) is 2. The molecule has 1 rings (SSSR count). The first-order chi connectivity index (χ1) is 8.76. The molecule has 98 valence electrons. The average Bonchev–Trinajstić information content (AvgIpc) is 2.39. The quantitative estimate of drug-likeness (QED) is 0.726. The van der Waals surface area contributed by atoms with Crippen molar-refractivity contribution in [3.05, 3.63) is 42.7 Å². The van der Waals surface area contributed by atoms with Crippen LogP contribution in [0.3, 0.4) is 0 Å². The van der Waals surface area contributed by atoms with Crippen molar-refractivity contribution >= 4 is 6.03 Å². The monoisotopic (exact) mass is 247 g/mol. The molecule has 0 saturated heterocycles. The maximum absolute atomic E-state index is 11.6. The number of pyridine rings is 1. The first kappa shape index (κ1) is 14.2. The van der Waals surface area contributed by atoms with Crippen LogP contribution in [-0.2, 0) is 6.42 Å². The molecule has 2 N–H and O–H groups in total. The molecule has 0 saturated carbocycles. The third-order valence-electron chi connectivity index (χ3n) is 2.70. The molecule has 0 aromatic carbocycles. The van der Waals surface area contributed by atoms with Crippen molar-refractivity contribution in [2.75, 3.05) is 6.54 Å². The van der Waals surface area contributed by atoms with E-state index >= 15 is 0 Å². The molecule has 0 aliphatic rings. The van der Waals surface area contributed by atoms with E-state index in [1.54, 1.807) is 6.20 Å². The van der Waals surface area contributed by atoms with Gasteiger partial charge in [-0.3, -0.25) is 4.98 Å². The van der Waals surface area contributed by atoms with Crippen LogP contribution in [0, 0.1) is 0 Å². The van der Waals surface area contributed by atoms with E-state index in [-0.39, 0.29) is 12.1 Å². The van der Waals surface area contributed by atoms with Crippen molar-refractivity contribution in [3.63, 3.8) is 0 Å². The van der Waals surface area contributed by atoms with E-state index in [0.29, 0.717) is 6.54 Å². The van der Waals surface area contributed by atoms with Crippen LogP contribution in [0.2, 0.25) is 0 Å². The zero-order valence-electron chi connectivity index (χ0n) is 10.9. The molecule has 1 aromatic heterocycles. The molecule has 0 fully saturated rings. The summed E-state index contributed by atoms with van der Waals surface area (Å²) in [5.74, 6) is 0. The Hall–Kier alpha value is -1.84. The number of carbonyl (C=O) groups excluding carboxylic acids is 1. The normalized spacial score (nSPS) is 11.6. The number of rotatable bonds is 7. The maximum Gasteiger partial charge on any atom is 0.315 e. The smallest absolute Gasteiger partial charge is 0.315 e. The van der Waals surface area contributed by atoms with E-state index in [4.69, 9.17) is 0 Å². The third-order valence-corrected chi connectivity index (χ3v) is 2.70. The SMILES string of the molecule is C=CC[C@H](CC)NC(=O)NCCc1cccnc1. The fourth-order valence-corrected chi connectivity index (χ4v) is 1.63. The summed E-state index contributed by atoms with van der Waals surface area (Å²) in [5.41, 5.74) is 1.12. The summed E-state index contributed by atoms with van der Waals surface area (Å²) in [6.07, 6.45) is 7.87. The lowest BCUT2D eigenvalue weighted by Gasteiger charge is -2.15. The number of carbonyl (C=O) groups is 1. The Balaban J connectivity index is 2.22. The first-order valence-corrected chi connectivity index (χ1v) is 6.30. The number of aromatic nitrogens is 1. The predicted molar refractivity (Wildman–Crippen MR) is 73.4 cm³/mol. The van der Waals surface area contributed by atoms with Gasteiger partial charge in [-0.1, -0.05) is 19.1 Å². The Kier molecular flexibility index (Phi) is 6.54. The number of hydrogen-bond acceptors (Lipinski definition) is 2. The Morgan fingerprint density at radius 1 is 1.61 bits per heavy atom. The topological polar surface area (TPSA) is 54.0 Å². The van der Waals surface area contributed by atoms with Gasteiger partial charge in [0, 0.05) is 25.0 Å². The molecule has 4 nitrogen and oxygen atoms in total. The lowest BCUT2D eigenvalue weighted by atomic mass is 10.1. The Morgan fingerprint density at radius 3 is 3.06 bits per heavy atom. The van der Waals surface area contributed by atoms with E-state index in [1.807, 2.05) is 31.3 Å². The lowest BCUT2D eigenvalue weighted by molar-refractivity contribution is 0.236. The fourth-order valence-electron chi connectivity index (χ4n) is 1.63. The van der Waals surface area contributed by atoms with Gasteiger partial charge in [-0.2, -0.15) is 0 Å². The van der Waals surface area contributed by atoms with E-state index < -0.39 is 0 Å². The highest BCUT2D eigenvalue weighted by atomic mass is 16.2. The van der Waals surface area contributed by atoms with Gasteiger partial charge in [0.1, 0.15) is 0 Å². The van der Waals surface area contributed by atoms with E-state index in [0.717, 1.165) is 24.8 Å². The van der Waals surface area contributed by atoms with Crippen LogP contribution in [0.25, 0.3) is 0 Å². The summed E-state index contributed by atoms with van der Waals surface area (Å²) < 4.78 is 0. The predicted octanol–water partition coefficient (Wildman–Crippen LogP) is 2.28. The first-order valence-electron chi connectivity index (χ1n) is 6.30. The van der Waals surface area contributed by atoms with Gasteiger partial charge in [0.2, 0.25) is 0 Å². The van der Waals surface area contributed by atoms with E-state index in [1.165, 1.54) is 0 Å². The van der Waals surface area contributed by atoms with Crippen molar-refractivity contribution in [1.29, 1.82) is 0 Å². The molecule has 2 amide bonds. The molecule has 0 radical (unpaired) electrons. The lowest BCUT2D eigenvalue weighted by Crippen LogP contribution is -2.42. The second-order valence-corrected chi connectivity index (χ2v) is 4.14. The summed E-state index contributed by atoms with van der Waals surface area (Å²) in [4.78, 5) is 15.6. The summed E-state index contributed by atoms with van der Waals surface area (Å²) >= 11 is 0. The zero-order chi connectivity index (χ0) is 13.2. The molecule has 0 bridgehead atoms. The average molecular weight is 247 g/mol. The van der Waals surface area contributed by atoms with Crippen LogP contribution in [0.15, 0.2) is 37.2 Å². The van der Waals surface area contributed by atoms with Gasteiger partial charge in [-0.25, -0.2) is 4.79 Å². The second-order valence-electron chi connectivity index (χ2n) is 4.14. The van der Waals surface area contributed by atoms with Crippen LogP contribution in [0.4, 0.5) is 4.79 Å². The molecule has 0 aliphatic heterocycles. The van der Waals surface area contributed by atoms with Gasteiger partial charge in [0.15, 0.2) is 0 Å². The van der Waals surface area contributed by atoms with Crippen molar-refractivity contribution in [2.45, 2.75) is 32.2 Å². The van der Waals surface area contributed by atoms with E-state index in [2.05, 4.69) is 22.2 Å². The summed E-state index contributed by atoms with van der Waals surface area (Å²) in [6, 6.07) is 3.94. The van der Waals surface area contributed by atoms with Crippen LogP contribution in [-0.4, -0.2) is 23.6 Å². The molecular weight excluding hydrogens is 226 g/mol. The number of nitrogens with one attached hydrogen (secondary N) is 2. The summed E-state index contributed by atoms with van der Waals surface area (Å²) in [7, 11) is 0. The van der Waals surface area contributed by atoms with Crippen LogP contribution < -0.4 is 10.6 Å². The van der Waals surface area contributed by atoms with Crippen molar-refractivity contribution < 1.29 is 4.79 Å². The molecule has 1 atom stereocenters. The molecule has 4 heteroatoms. The summed E-state index contributed by atoms with van der Waals surface area (Å²) in [6.45, 7) is 6.34. The Labute approximate surface area is 109 Å². The maximum atomic E-state index is 11.6. The van der Waals surface area contributed by atoms with Crippen molar-refractivity contribution in [3.8, 4) is 0 Å². The number of urea groups is 1. The van der Waals surface area contributed by atoms with Crippen LogP contribution in [0.1, 0.15) is 25.3 Å². The largest absolute Gasteiger partial charge is 0.338 e. The van der Waals surface area contributed by atoms with Gasteiger partial charge in [0.05, 0.1) is 0 Å². The van der Waals surface area contributed by atoms with Crippen molar-refractivity contribution in [1.82, 2.24) is 15.6 Å². The van der Waals surface area contributed by atoms with Crippen LogP contribution >= 0.6 is 0 Å². The van der Waals surface area contributed by atoms with E-state index in [9.17, 15) is 4.79 Å². The van der Waals surface area contributed by atoms with Gasteiger partial charge in [-0.05, 0) is 30.9 Å². The molecule has 1 heterocycles. The van der Waals surface area contributed by atoms with Gasteiger partial charge in [0.25, 0.3) is 0 Å². The minimum atomic E-state index is -0.118.